The monoisotopic (exact) mass is 189 g/mol. The van der Waals surface area contributed by atoms with Gasteiger partial charge < -0.3 is 4.90 Å². The maximum absolute atomic E-state index is 11.3. The van der Waals surface area contributed by atoms with E-state index in [4.69, 9.17) is 11.6 Å². The second-order valence-corrected chi connectivity index (χ2v) is 2.95. The lowest BCUT2D eigenvalue weighted by atomic mass is 10.3. The van der Waals surface area contributed by atoms with Gasteiger partial charge in [0.1, 0.15) is 0 Å². The van der Waals surface area contributed by atoms with Crippen LogP contribution in [-0.4, -0.2) is 29.8 Å². The number of alkyl halides is 1. The highest BCUT2D eigenvalue weighted by Crippen LogP contribution is 1.97. The SMILES string of the molecule is C=CCN(CCC)C(=O)CCCl. The van der Waals surface area contributed by atoms with Crippen LogP contribution in [0.25, 0.3) is 0 Å². The molecule has 0 aromatic rings. The highest BCUT2D eigenvalue weighted by Gasteiger charge is 2.08. The summed E-state index contributed by atoms with van der Waals surface area (Å²) in [7, 11) is 0. The molecule has 2 nitrogen and oxygen atoms in total. The van der Waals surface area contributed by atoms with E-state index in [0.717, 1.165) is 13.0 Å². The lowest BCUT2D eigenvalue weighted by Crippen LogP contribution is -2.31. The molecule has 0 aliphatic heterocycles. The molecule has 0 spiro atoms. The molecule has 0 N–H and O–H groups in total. The fourth-order valence-electron chi connectivity index (χ4n) is 0.983. The van der Waals surface area contributed by atoms with Gasteiger partial charge in [0.2, 0.25) is 5.91 Å². The minimum atomic E-state index is 0.117. The van der Waals surface area contributed by atoms with E-state index < -0.39 is 0 Å². The van der Waals surface area contributed by atoms with Crippen LogP contribution >= 0.6 is 11.6 Å². The van der Waals surface area contributed by atoms with E-state index in [2.05, 4.69) is 6.58 Å². The summed E-state index contributed by atoms with van der Waals surface area (Å²) >= 11 is 5.47. The average Bonchev–Trinajstić information content (AvgIpc) is 2.04. The van der Waals surface area contributed by atoms with Crippen LogP contribution in [0.2, 0.25) is 0 Å². The van der Waals surface area contributed by atoms with Crippen LogP contribution in [0.1, 0.15) is 19.8 Å². The normalized spacial score (nSPS) is 9.50. The van der Waals surface area contributed by atoms with E-state index in [0.29, 0.717) is 18.8 Å². The minimum Gasteiger partial charge on any atom is -0.339 e. The molecule has 0 unspecified atom stereocenters. The summed E-state index contributed by atoms with van der Waals surface area (Å²) in [5, 5.41) is 0. The number of amides is 1. The third-order valence-corrected chi connectivity index (χ3v) is 1.69. The minimum absolute atomic E-state index is 0.117. The molecule has 0 bridgehead atoms. The number of hydrogen-bond donors (Lipinski definition) is 0. The van der Waals surface area contributed by atoms with Gasteiger partial charge in [0.25, 0.3) is 0 Å². The molecule has 1 amide bonds. The number of halogens is 1. The number of rotatable bonds is 6. The van der Waals surface area contributed by atoms with Crippen molar-refractivity contribution in [3.63, 3.8) is 0 Å². The Labute approximate surface area is 79.2 Å². The first-order valence-electron chi connectivity index (χ1n) is 4.20. The van der Waals surface area contributed by atoms with Crippen molar-refractivity contribution >= 4 is 17.5 Å². The zero-order chi connectivity index (χ0) is 9.40. The van der Waals surface area contributed by atoms with Crippen molar-refractivity contribution < 1.29 is 4.79 Å². The molecule has 0 fully saturated rings. The maximum atomic E-state index is 11.3. The molecule has 70 valence electrons. The highest BCUT2D eigenvalue weighted by molar-refractivity contribution is 6.18. The lowest BCUT2D eigenvalue weighted by molar-refractivity contribution is -0.130. The summed E-state index contributed by atoms with van der Waals surface area (Å²) < 4.78 is 0. The summed E-state index contributed by atoms with van der Waals surface area (Å²) in [5.74, 6) is 0.516. The Hall–Kier alpha value is -0.500. The van der Waals surface area contributed by atoms with Gasteiger partial charge >= 0.3 is 0 Å². The van der Waals surface area contributed by atoms with Crippen molar-refractivity contribution in [2.75, 3.05) is 19.0 Å². The molecule has 0 aromatic heterocycles. The summed E-state index contributed by atoms with van der Waals surface area (Å²) in [6.07, 6.45) is 3.14. The number of carbonyl (C=O) groups excluding carboxylic acids is 1. The first-order chi connectivity index (χ1) is 5.76. The Morgan fingerprint density at radius 3 is 2.75 bits per heavy atom. The molecule has 0 aromatic carbocycles. The van der Waals surface area contributed by atoms with E-state index in [-0.39, 0.29) is 5.91 Å². The second kappa shape index (κ2) is 7.17. The second-order valence-electron chi connectivity index (χ2n) is 2.57. The third kappa shape index (κ3) is 4.39. The van der Waals surface area contributed by atoms with Crippen LogP contribution in [-0.2, 0) is 4.79 Å². The van der Waals surface area contributed by atoms with Crippen LogP contribution in [0.3, 0.4) is 0 Å². The molecule has 0 radical (unpaired) electrons. The summed E-state index contributed by atoms with van der Waals surface area (Å²) in [6.45, 7) is 7.07. The highest BCUT2D eigenvalue weighted by atomic mass is 35.5. The van der Waals surface area contributed by atoms with Crippen LogP contribution in [0.15, 0.2) is 12.7 Å². The Morgan fingerprint density at radius 2 is 2.33 bits per heavy atom. The molecule has 0 aliphatic carbocycles. The van der Waals surface area contributed by atoms with E-state index in [9.17, 15) is 4.79 Å². The maximum Gasteiger partial charge on any atom is 0.224 e. The molecular weight excluding hydrogens is 174 g/mol. The lowest BCUT2D eigenvalue weighted by Gasteiger charge is -2.19. The van der Waals surface area contributed by atoms with Gasteiger partial charge in [-0.1, -0.05) is 13.0 Å². The van der Waals surface area contributed by atoms with Gasteiger partial charge in [-0.3, -0.25) is 4.79 Å². The Bertz CT molecular complexity index is 147. The summed E-state index contributed by atoms with van der Waals surface area (Å²) in [6, 6.07) is 0. The average molecular weight is 190 g/mol. The number of carbonyl (C=O) groups is 1. The van der Waals surface area contributed by atoms with Gasteiger partial charge in [-0.2, -0.15) is 0 Å². The van der Waals surface area contributed by atoms with Crippen LogP contribution in [0.4, 0.5) is 0 Å². The van der Waals surface area contributed by atoms with E-state index >= 15 is 0 Å². The summed E-state index contributed by atoms with van der Waals surface area (Å²) in [4.78, 5) is 13.1. The molecule has 3 heteroatoms. The Kier molecular flexibility index (Phi) is 6.87. The summed E-state index contributed by atoms with van der Waals surface area (Å²) in [5.41, 5.74) is 0. The van der Waals surface area contributed by atoms with Gasteiger partial charge in [0, 0.05) is 25.4 Å². The largest absolute Gasteiger partial charge is 0.339 e. The number of hydrogen-bond acceptors (Lipinski definition) is 1. The predicted octanol–water partition coefficient (Wildman–Crippen LogP) is 2.04. The molecule has 0 heterocycles. The molecule has 12 heavy (non-hydrogen) atoms. The Morgan fingerprint density at radius 1 is 1.67 bits per heavy atom. The molecule has 0 saturated carbocycles. The van der Waals surface area contributed by atoms with Gasteiger partial charge in [0.05, 0.1) is 0 Å². The quantitative estimate of drug-likeness (QED) is 0.463. The smallest absolute Gasteiger partial charge is 0.224 e. The van der Waals surface area contributed by atoms with Gasteiger partial charge in [-0.15, -0.1) is 18.2 Å². The van der Waals surface area contributed by atoms with Crippen LogP contribution in [0.5, 0.6) is 0 Å². The topological polar surface area (TPSA) is 20.3 Å². The standard InChI is InChI=1S/C9H16ClNO/c1-3-7-11(8-4-2)9(12)5-6-10/h3H,1,4-8H2,2H3. The Balaban J connectivity index is 3.89. The number of nitrogens with zero attached hydrogens (tertiary/aromatic N) is 1. The van der Waals surface area contributed by atoms with Gasteiger partial charge in [-0.05, 0) is 6.42 Å². The third-order valence-electron chi connectivity index (χ3n) is 1.50. The van der Waals surface area contributed by atoms with E-state index in [1.165, 1.54) is 0 Å². The van der Waals surface area contributed by atoms with E-state index in [1.54, 1.807) is 11.0 Å². The molecule has 0 atom stereocenters. The molecule has 0 aliphatic rings. The van der Waals surface area contributed by atoms with Crippen molar-refractivity contribution in [2.45, 2.75) is 19.8 Å². The van der Waals surface area contributed by atoms with Crippen molar-refractivity contribution in [1.82, 2.24) is 4.90 Å². The first kappa shape index (κ1) is 11.5. The fourth-order valence-corrected chi connectivity index (χ4v) is 1.14. The van der Waals surface area contributed by atoms with E-state index in [1.807, 2.05) is 6.92 Å². The molecule has 0 saturated heterocycles. The zero-order valence-corrected chi connectivity index (χ0v) is 8.31. The van der Waals surface area contributed by atoms with Gasteiger partial charge in [0.15, 0.2) is 0 Å². The fraction of sp³-hybridized carbons (Fsp3) is 0.667. The van der Waals surface area contributed by atoms with Crippen LogP contribution < -0.4 is 0 Å². The molecular formula is C9H16ClNO. The zero-order valence-electron chi connectivity index (χ0n) is 7.55. The van der Waals surface area contributed by atoms with Crippen LogP contribution in [0, 0.1) is 0 Å². The first-order valence-corrected chi connectivity index (χ1v) is 4.74. The van der Waals surface area contributed by atoms with Gasteiger partial charge in [-0.25, -0.2) is 0 Å². The van der Waals surface area contributed by atoms with Crippen molar-refractivity contribution in [1.29, 1.82) is 0 Å². The molecule has 0 rings (SSSR count). The van der Waals surface area contributed by atoms with Crippen molar-refractivity contribution in [3.8, 4) is 0 Å². The van der Waals surface area contributed by atoms with Crippen molar-refractivity contribution in [2.24, 2.45) is 0 Å². The predicted molar refractivity (Wildman–Crippen MR) is 52.4 cm³/mol. The van der Waals surface area contributed by atoms with Crippen molar-refractivity contribution in [3.05, 3.63) is 12.7 Å².